The third-order valence-electron chi connectivity index (χ3n) is 2.69. The Kier molecular flexibility index (Phi) is 3.80. The molecule has 0 radical (unpaired) electrons. The highest BCUT2D eigenvalue weighted by atomic mass is 127. The van der Waals surface area contributed by atoms with Gasteiger partial charge in [0.2, 0.25) is 5.88 Å². The minimum absolute atomic E-state index is 0.160. The summed E-state index contributed by atoms with van der Waals surface area (Å²) in [7, 11) is 1.47. The number of carbonyl (C=O) groups excluding carboxylic acids is 1. The van der Waals surface area contributed by atoms with Crippen molar-refractivity contribution in [3.05, 3.63) is 21.4 Å². The fourth-order valence-corrected chi connectivity index (χ4v) is 2.45. The van der Waals surface area contributed by atoms with E-state index in [0.717, 1.165) is 3.57 Å². The summed E-state index contributed by atoms with van der Waals surface area (Å²) >= 11 is 2.06. The predicted octanol–water partition coefficient (Wildman–Crippen LogP) is 1.88. The van der Waals surface area contributed by atoms with Gasteiger partial charge in [0.25, 0.3) is 5.91 Å². The van der Waals surface area contributed by atoms with Crippen molar-refractivity contribution in [1.29, 1.82) is 0 Å². The van der Waals surface area contributed by atoms with Gasteiger partial charge in [-0.05, 0) is 35.1 Å². The molecule has 1 aliphatic heterocycles. The van der Waals surface area contributed by atoms with Crippen molar-refractivity contribution in [3.8, 4) is 5.88 Å². The smallest absolute Gasteiger partial charge is 0.260 e. The molecule has 1 atom stereocenters. The molecule has 1 aromatic heterocycles. The third-order valence-corrected chi connectivity index (χ3v) is 3.59. The molecule has 17 heavy (non-hydrogen) atoms. The van der Waals surface area contributed by atoms with E-state index in [9.17, 15) is 9.18 Å². The molecule has 6 heteroatoms. The van der Waals surface area contributed by atoms with Gasteiger partial charge >= 0.3 is 0 Å². The van der Waals surface area contributed by atoms with Crippen LogP contribution < -0.4 is 4.74 Å². The van der Waals surface area contributed by atoms with Crippen LogP contribution in [0.3, 0.4) is 0 Å². The average Bonchev–Trinajstić information content (AvgIpc) is 2.74. The maximum Gasteiger partial charge on any atom is 0.260 e. The van der Waals surface area contributed by atoms with Crippen LogP contribution in [0, 0.1) is 3.57 Å². The summed E-state index contributed by atoms with van der Waals surface area (Å²) in [6.45, 7) is 0.612. The normalized spacial score (nSPS) is 19.5. The highest BCUT2D eigenvalue weighted by Crippen LogP contribution is 2.25. The Balaban J connectivity index is 2.30. The van der Waals surface area contributed by atoms with Crippen LogP contribution in [-0.4, -0.2) is 42.2 Å². The molecule has 2 rings (SSSR count). The lowest BCUT2D eigenvalue weighted by molar-refractivity contribution is 0.0777. The molecule has 1 saturated heterocycles. The summed E-state index contributed by atoms with van der Waals surface area (Å²) in [6, 6.07) is 1.74. The van der Waals surface area contributed by atoms with Crippen LogP contribution in [-0.2, 0) is 0 Å². The summed E-state index contributed by atoms with van der Waals surface area (Å²) in [5.41, 5.74) is 0.421. The molecule has 0 aliphatic carbocycles. The minimum Gasteiger partial charge on any atom is -0.480 e. The van der Waals surface area contributed by atoms with E-state index in [0.29, 0.717) is 24.4 Å². The number of alkyl halides is 1. The van der Waals surface area contributed by atoms with Crippen LogP contribution in [0.4, 0.5) is 4.39 Å². The van der Waals surface area contributed by atoms with Crippen molar-refractivity contribution >= 4 is 28.5 Å². The molecule has 0 bridgehead atoms. The zero-order valence-corrected chi connectivity index (χ0v) is 11.5. The van der Waals surface area contributed by atoms with Crippen LogP contribution in [0.25, 0.3) is 0 Å². The number of halogens is 2. The predicted molar refractivity (Wildman–Crippen MR) is 68.9 cm³/mol. The van der Waals surface area contributed by atoms with E-state index >= 15 is 0 Å². The molecule has 0 aromatic carbocycles. The Bertz CT molecular complexity index is 441. The second kappa shape index (κ2) is 5.16. The molecule has 0 unspecified atom stereocenters. The molecular weight excluding hydrogens is 338 g/mol. The zero-order chi connectivity index (χ0) is 12.4. The van der Waals surface area contributed by atoms with Crippen molar-refractivity contribution in [1.82, 2.24) is 9.88 Å². The van der Waals surface area contributed by atoms with Gasteiger partial charge in [0.05, 0.1) is 13.7 Å². The average molecular weight is 350 g/mol. The number of likely N-dealkylation sites (tertiary alicyclic amines) is 1. The van der Waals surface area contributed by atoms with E-state index < -0.39 is 6.17 Å². The lowest BCUT2D eigenvalue weighted by Gasteiger charge is -2.17. The van der Waals surface area contributed by atoms with Gasteiger partial charge < -0.3 is 9.64 Å². The van der Waals surface area contributed by atoms with Gasteiger partial charge in [-0.15, -0.1) is 0 Å². The number of methoxy groups -OCH3 is 1. The molecule has 1 aromatic rings. The van der Waals surface area contributed by atoms with Crippen molar-refractivity contribution in [3.63, 3.8) is 0 Å². The number of aromatic nitrogens is 1. The van der Waals surface area contributed by atoms with E-state index in [1.54, 1.807) is 12.3 Å². The first-order valence-corrected chi connectivity index (χ1v) is 6.33. The minimum atomic E-state index is -0.917. The van der Waals surface area contributed by atoms with Gasteiger partial charge in [-0.3, -0.25) is 4.79 Å². The van der Waals surface area contributed by atoms with Crippen molar-refractivity contribution in [2.75, 3.05) is 20.2 Å². The van der Waals surface area contributed by atoms with Crippen molar-refractivity contribution in [2.45, 2.75) is 12.6 Å². The molecule has 0 N–H and O–H groups in total. The quantitative estimate of drug-likeness (QED) is 0.765. The maximum absolute atomic E-state index is 13.1. The fraction of sp³-hybridized carbons (Fsp3) is 0.455. The van der Waals surface area contributed by atoms with E-state index in [-0.39, 0.29) is 12.5 Å². The second-order valence-corrected chi connectivity index (χ2v) is 4.98. The summed E-state index contributed by atoms with van der Waals surface area (Å²) < 4.78 is 18.9. The van der Waals surface area contributed by atoms with E-state index in [4.69, 9.17) is 4.74 Å². The molecule has 0 saturated carbocycles. The topological polar surface area (TPSA) is 42.4 Å². The van der Waals surface area contributed by atoms with Crippen molar-refractivity contribution in [2.24, 2.45) is 0 Å². The monoisotopic (exact) mass is 350 g/mol. The summed E-state index contributed by atoms with van der Waals surface area (Å²) in [5.74, 6) is 0.0868. The number of amides is 1. The van der Waals surface area contributed by atoms with E-state index in [2.05, 4.69) is 27.6 Å². The lowest BCUT2D eigenvalue weighted by atomic mass is 10.2. The Labute approximate surface area is 112 Å². The maximum atomic E-state index is 13.1. The van der Waals surface area contributed by atoms with Crippen LogP contribution >= 0.6 is 22.6 Å². The molecule has 4 nitrogen and oxygen atoms in total. The first kappa shape index (κ1) is 12.5. The molecular formula is C11H12FIN2O2. The SMILES string of the molecule is COc1nccc(I)c1C(=O)N1CC[C@H](F)C1. The second-order valence-electron chi connectivity index (χ2n) is 3.81. The zero-order valence-electron chi connectivity index (χ0n) is 9.32. The van der Waals surface area contributed by atoms with Crippen LogP contribution in [0.1, 0.15) is 16.8 Å². The molecule has 1 fully saturated rings. The highest BCUT2D eigenvalue weighted by Gasteiger charge is 2.29. The highest BCUT2D eigenvalue weighted by molar-refractivity contribution is 14.1. The first-order chi connectivity index (χ1) is 8.13. The Morgan fingerprint density at radius 3 is 3.06 bits per heavy atom. The number of pyridine rings is 1. The number of carbonyl (C=O) groups is 1. The number of rotatable bonds is 2. The number of hydrogen-bond acceptors (Lipinski definition) is 3. The van der Waals surface area contributed by atoms with Gasteiger partial charge in [0.1, 0.15) is 11.7 Å². The Morgan fingerprint density at radius 2 is 2.47 bits per heavy atom. The van der Waals surface area contributed by atoms with E-state index in [1.807, 2.05) is 0 Å². The number of nitrogens with zero attached hydrogens (tertiary/aromatic N) is 2. The lowest BCUT2D eigenvalue weighted by Crippen LogP contribution is -2.30. The molecule has 1 amide bonds. The Hall–Kier alpha value is -0.920. The van der Waals surface area contributed by atoms with Crippen LogP contribution in [0.5, 0.6) is 5.88 Å². The fourth-order valence-electron chi connectivity index (χ4n) is 1.83. The van der Waals surface area contributed by atoms with Gasteiger partial charge in [-0.25, -0.2) is 9.37 Å². The Morgan fingerprint density at radius 1 is 1.71 bits per heavy atom. The van der Waals surface area contributed by atoms with Gasteiger partial charge in [-0.2, -0.15) is 0 Å². The van der Waals surface area contributed by atoms with Gasteiger partial charge in [0.15, 0.2) is 0 Å². The summed E-state index contributed by atoms with van der Waals surface area (Å²) in [4.78, 5) is 17.7. The number of ether oxygens (including phenoxy) is 1. The summed E-state index contributed by atoms with van der Waals surface area (Å²) in [5, 5.41) is 0. The summed E-state index contributed by atoms with van der Waals surface area (Å²) in [6.07, 6.45) is 1.07. The molecule has 2 heterocycles. The van der Waals surface area contributed by atoms with E-state index in [1.165, 1.54) is 12.0 Å². The largest absolute Gasteiger partial charge is 0.480 e. The first-order valence-electron chi connectivity index (χ1n) is 5.25. The molecule has 1 aliphatic rings. The molecule has 92 valence electrons. The van der Waals surface area contributed by atoms with Crippen molar-refractivity contribution < 1.29 is 13.9 Å². The third kappa shape index (κ3) is 2.51. The standard InChI is InChI=1S/C11H12FIN2O2/c1-17-10-9(8(13)2-4-14-10)11(16)15-5-3-7(12)6-15/h2,4,7H,3,5-6H2,1H3/t7-/m0/s1. The van der Waals surface area contributed by atoms with Gasteiger partial charge in [0, 0.05) is 16.3 Å². The molecule has 0 spiro atoms. The number of hydrogen-bond donors (Lipinski definition) is 0. The van der Waals surface area contributed by atoms with Crippen LogP contribution in [0.2, 0.25) is 0 Å². The van der Waals surface area contributed by atoms with Gasteiger partial charge in [-0.1, -0.05) is 0 Å². The van der Waals surface area contributed by atoms with Crippen LogP contribution in [0.15, 0.2) is 12.3 Å².